The van der Waals surface area contributed by atoms with E-state index in [0.717, 1.165) is 4.90 Å². The van der Waals surface area contributed by atoms with Gasteiger partial charge < -0.3 is 15.8 Å². The Balaban J connectivity index is 2.60. The summed E-state index contributed by atoms with van der Waals surface area (Å²) < 4.78 is 42.1. The maximum absolute atomic E-state index is 12.4. The third-order valence-corrected chi connectivity index (χ3v) is 2.57. The third-order valence-electron chi connectivity index (χ3n) is 2.57. The normalized spacial score (nSPS) is 11.5. The summed E-state index contributed by atoms with van der Waals surface area (Å²) in [6, 6.07) is 6.56. The summed E-state index contributed by atoms with van der Waals surface area (Å²) >= 11 is 0. The summed E-state index contributed by atoms with van der Waals surface area (Å²) in [6.45, 7) is -1.52. The smallest absolute Gasteiger partial charge is 0.401 e. The Kier molecular flexibility index (Phi) is 6.44. The molecule has 0 atom stereocenters. The first-order chi connectivity index (χ1) is 9.84. The van der Waals surface area contributed by atoms with E-state index in [-0.39, 0.29) is 19.6 Å². The molecule has 0 bridgehead atoms. The molecule has 1 amide bonds. The van der Waals surface area contributed by atoms with Crippen LogP contribution in [0.1, 0.15) is 0 Å². The number of benzene rings is 1. The molecule has 0 saturated carbocycles. The van der Waals surface area contributed by atoms with E-state index in [9.17, 15) is 18.0 Å². The van der Waals surface area contributed by atoms with Crippen molar-refractivity contribution in [1.82, 2.24) is 4.90 Å². The Morgan fingerprint density at radius 1 is 1.43 bits per heavy atom. The van der Waals surface area contributed by atoms with Crippen LogP contribution in [0.2, 0.25) is 0 Å². The van der Waals surface area contributed by atoms with Crippen molar-refractivity contribution < 1.29 is 22.7 Å². The second kappa shape index (κ2) is 7.84. The second-order valence-electron chi connectivity index (χ2n) is 4.39. The molecule has 0 radical (unpaired) electrons. The van der Waals surface area contributed by atoms with Crippen LogP contribution in [0.15, 0.2) is 24.3 Å². The fourth-order valence-corrected chi connectivity index (χ4v) is 1.75. The molecule has 1 aromatic rings. The van der Waals surface area contributed by atoms with E-state index in [1.165, 1.54) is 7.11 Å². The molecule has 1 aromatic carbocycles. The summed E-state index contributed by atoms with van der Waals surface area (Å²) in [5.74, 6) is 0.00265. The Bertz CT molecular complexity index is 466. The van der Waals surface area contributed by atoms with E-state index in [1.807, 2.05) is 0 Å². The number of carbonyl (C=O) groups excluding carboxylic acids is 1. The Hall–Kier alpha value is -1.80. The van der Waals surface area contributed by atoms with Gasteiger partial charge in [0.1, 0.15) is 5.75 Å². The molecule has 8 heteroatoms. The van der Waals surface area contributed by atoms with Gasteiger partial charge in [-0.2, -0.15) is 13.2 Å². The highest BCUT2D eigenvalue weighted by molar-refractivity contribution is 5.92. The first-order valence-electron chi connectivity index (χ1n) is 6.27. The summed E-state index contributed by atoms with van der Waals surface area (Å²) in [7, 11) is 1.48. The van der Waals surface area contributed by atoms with E-state index in [0.29, 0.717) is 11.4 Å². The molecule has 21 heavy (non-hydrogen) atoms. The minimum absolute atomic E-state index is 0.00889. The van der Waals surface area contributed by atoms with Gasteiger partial charge in [0, 0.05) is 24.8 Å². The molecule has 1 rings (SSSR count). The lowest BCUT2D eigenvalue weighted by Gasteiger charge is -2.22. The van der Waals surface area contributed by atoms with Crippen LogP contribution >= 0.6 is 0 Å². The number of rotatable bonds is 7. The minimum atomic E-state index is -4.37. The Labute approximate surface area is 120 Å². The van der Waals surface area contributed by atoms with E-state index in [4.69, 9.17) is 10.5 Å². The van der Waals surface area contributed by atoms with Gasteiger partial charge in [-0.25, -0.2) is 0 Å². The Morgan fingerprint density at radius 2 is 2.14 bits per heavy atom. The predicted molar refractivity (Wildman–Crippen MR) is 73.2 cm³/mol. The molecule has 5 nitrogen and oxygen atoms in total. The van der Waals surface area contributed by atoms with Crippen LogP contribution in [-0.4, -0.2) is 50.3 Å². The zero-order valence-corrected chi connectivity index (χ0v) is 11.6. The van der Waals surface area contributed by atoms with Crippen LogP contribution in [0, 0.1) is 0 Å². The Morgan fingerprint density at radius 3 is 2.71 bits per heavy atom. The van der Waals surface area contributed by atoms with Crippen LogP contribution in [0.4, 0.5) is 18.9 Å². The quantitative estimate of drug-likeness (QED) is 0.800. The van der Waals surface area contributed by atoms with Crippen molar-refractivity contribution in [3.8, 4) is 5.75 Å². The van der Waals surface area contributed by atoms with Gasteiger partial charge in [0.15, 0.2) is 0 Å². The van der Waals surface area contributed by atoms with Gasteiger partial charge >= 0.3 is 6.18 Å². The number of amides is 1. The van der Waals surface area contributed by atoms with Crippen LogP contribution in [0.25, 0.3) is 0 Å². The first kappa shape index (κ1) is 17.3. The molecule has 0 unspecified atom stereocenters. The molecule has 0 aliphatic heterocycles. The molecule has 0 fully saturated rings. The monoisotopic (exact) mass is 305 g/mol. The molecular weight excluding hydrogens is 287 g/mol. The molecule has 0 aromatic heterocycles. The SMILES string of the molecule is COc1cccc(NC(=O)CN(CCN)CC(F)(F)F)c1. The van der Waals surface area contributed by atoms with Gasteiger partial charge in [0.2, 0.25) is 5.91 Å². The molecule has 0 spiro atoms. The molecule has 0 heterocycles. The van der Waals surface area contributed by atoms with Gasteiger partial charge in [-0.1, -0.05) is 6.07 Å². The topological polar surface area (TPSA) is 67.6 Å². The van der Waals surface area contributed by atoms with Crippen molar-refractivity contribution in [3.63, 3.8) is 0 Å². The lowest BCUT2D eigenvalue weighted by Crippen LogP contribution is -2.42. The van der Waals surface area contributed by atoms with E-state index >= 15 is 0 Å². The lowest BCUT2D eigenvalue weighted by molar-refractivity contribution is -0.147. The highest BCUT2D eigenvalue weighted by atomic mass is 19.4. The molecule has 3 N–H and O–H groups in total. The van der Waals surface area contributed by atoms with Crippen molar-refractivity contribution in [2.24, 2.45) is 5.73 Å². The van der Waals surface area contributed by atoms with Gasteiger partial charge in [0.05, 0.1) is 20.2 Å². The molecule has 118 valence electrons. The van der Waals surface area contributed by atoms with E-state index in [2.05, 4.69) is 5.32 Å². The van der Waals surface area contributed by atoms with Gasteiger partial charge in [-0.15, -0.1) is 0 Å². The fourth-order valence-electron chi connectivity index (χ4n) is 1.75. The predicted octanol–water partition coefficient (Wildman–Crippen LogP) is 1.46. The number of alkyl halides is 3. The lowest BCUT2D eigenvalue weighted by atomic mass is 10.3. The van der Waals surface area contributed by atoms with Crippen molar-refractivity contribution in [2.75, 3.05) is 38.6 Å². The number of methoxy groups -OCH3 is 1. The summed E-state index contributed by atoms with van der Waals surface area (Å²) in [5, 5.41) is 2.52. The number of hydrogen-bond acceptors (Lipinski definition) is 4. The average Bonchev–Trinajstić information content (AvgIpc) is 2.37. The maximum atomic E-state index is 12.4. The minimum Gasteiger partial charge on any atom is -0.497 e. The number of anilines is 1. The highest BCUT2D eigenvalue weighted by Gasteiger charge is 2.31. The number of ether oxygens (including phenoxy) is 1. The third kappa shape index (κ3) is 6.96. The number of nitrogens with zero attached hydrogens (tertiary/aromatic N) is 1. The number of nitrogens with one attached hydrogen (secondary N) is 1. The molecule has 0 aliphatic rings. The molecule has 0 aliphatic carbocycles. The van der Waals surface area contributed by atoms with Gasteiger partial charge in [-0.3, -0.25) is 9.69 Å². The van der Waals surface area contributed by atoms with Crippen molar-refractivity contribution in [3.05, 3.63) is 24.3 Å². The van der Waals surface area contributed by atoms with Crippen molar-refractivity contribution >= 4 is 11.6 Å². The van der Waals surface area contributed by atoms with Crippen molar-refractivity contribution in [2.45, 2.75) is 6.18 Å². The van der Waals surface area contributed by atoms with Crippen LogP contribution in [0.3, 0.4) is 0 Å². The zero-order valence-electron chi connectivity index (χ0n) is 11.6. The number of hydrogen-bond donors (Lipinski definition) is 2. The van der Waals surface area contributed by atoms with E-state index in [1.54, 1.807) is 24.3 Å². The van der Waals surface area contributed by atoms with Gasteiger partial charge in [-0.05, 0) is 12.1 Å². The zero-order chi connectivity index (χ0) is 15.9. The summed E-state index contributed by atoms with van der Waals surface area (Å²) in [6.07, 6.45) is -4.37. The van der Waals surface area contributed by atoms with Crippen LogP contribution in [0.5, 0.6) is 5.75 Å². The highest BCUT2D eigenvalue weighted by Crippen LogP contribution is 2.18. The molecule has 0 saturated heterocycles. The summed E-state index contributed by atoms with van der Waals surface area (Å²) in [4.78, 5) is 12.7. The van der Waals surface area contributed by atoms with Crippen molar-refractivity contribution in [1.29, 1.82) is 0 Å². The maximum Gasteiger partial charge on any atom is 0.401 e. The van der Waals surface area contributed by atoms with E-state index < -0.39 is 18.6 Å². The fraction of sp³-hybridized carbons (Fsp3) is 0.462. The van der Waals surface area contributed by atoms with Gasteiger partial charge in [0.25, 0.3) is 0 Å². The van der Waals surface area contributed by atoms with Crippen LogP contribution < -0.4 is 15.8 Å². The first-order valence-corrected chi connectivity index (χ1v) is 6.27. The average molecular weight is 305 g/mol. The summed E-state index contributed by atoms with van der Waals surface area (Å²) in [5.41, 5.74) is 5.71. The number of halogens is 3. The second-order valence-corrected chi connectivity index (χ2v) is 4.39. The van der Waals surface area contributed by atoms with Crippen LogP contribution in [-0.2, 0) is 4.79 Å². The molecular formula is C13H18F3N3O2. The number of nitrogens with two attached hydrogens (primary N) is 1. The number of carbonyl (C=O) groups is 1. The standard InChI is InChI=1S/C13H18F3N3O2/c1-21-11-4-2-3-10(7-11)18-12(20)8-19(6-5-17)9-13(14,15)16/h2-4,7H,5-6,8-9,17H2,1H3,(H,18,20). The largest absolute Gasteiger partial charge is 0.497 e.